The van der Waals surface area contributed by atoms with Gasteiger partial charge >= 0.3 is 12.3 Å². The van der Waals surface area contributed by atoms with Gasteiger partial charge in [0, 0.05) is 19.1 Å². The molecule has 9 heteroatoms. The second kappa shape index (κ2) is 6.87. The van der Waals surface area contributed by atoms with Crippen molar-refractivity contribution >= 4 is 12.0 Å². The van der Waals surface area contributed by atoms with Crippen LogP contribution < -0.4 is 5.32 Å². The smallest absolute Gasteiger partial charge is 0.410 e. The molecule has 2 atom stereocenters. The average Bonchev–Trinajstić information content (AvgIpc) is 2.82. The summed E-state index contributed by atoms with van der Waals surface area (Å²) in [6, 6.07) is 1.08. The first-order chi connectivity index (χ1) is 10.8. The summed E-state index contributed by atoms with van der Waals surface area (Å²) in [6.45, 7) is 5.24. The Morgan fingerprint density at radius 3 is 2.42 bits per heavy atom. The number of amides is 2. The van der Waals surface area contributed by atoms with Crippen molar-refractivity contribution in [3.8, 4) is 6.07 Å². The normalized spacial score (nSPS) is 22.7. The number of hydrogen-bond acceptors (Lipinski definition) is 4. The van der Waals surface area contributed by atoms with Crippen LogP contribution in [0, 0.1) is 16.7 Å². The van der Waals surface area contributed by atoms with Crippen LogP contribution in [-0.4, -0.2) is 47.8 Å². The summed E-state index contributed by atoms with van der Waals surface area (Å²) in [5, 5.41) is 10.8. The number of halogens is 3. The van der Waals surface area contributed by atoms with Crippen LogP contribution in [0.3, 0.4) is 0 Å². The summed E-state index contributed by atoms with van der Waals surface area (Å²) in [6.07, 6.45) is -6.34. The van der Waals surface area contributed by atoms with E-state index in [0.29, 0.717) is 0 Å². The van der Waals surface area contributed by atoms with Crippen LogP contribution in [0.2, 0.25) is 0 Å². The number of nitriles is 1. The Bertz CT molecular complexity index is 537. The predicted molar refractivity (Wildman–Crippen MR) is 78.7 cm³/mol. The van der Waals surface area contributed by atoms with Crippen LogP contribution >= 0.6 is 0 Å². The summed E-state index contributed by atoms with van der Waals surface area (Å²) in [5.74, 6) is -1.22. The van der Waals surface area contributed by atoms with Gasteiger partial charge in [-0.2, -0.15) is 18.4 Å². The van der Waals surface area contributed by atoms with Gasteiger partial charge in [0.05, 0.1) is 12.5 Å². The van der Waals surface area contributed by atoms with Crippen molar-refractivity contribution in [1.82, 2.24) is 10.2 Å². The fourth-order valence-electron chi connectivity index (χ4n) is 2.39. The maximum absolute atomic E-state index is 13.6. The van der Waals surface area contributed by atoms with Crippen LogP contribution in [0.1, 0.15) is 40.5 Å². The van der Waals surface area contributed by atoms with Crippen LogP contribution in [0.15, 0.2) is 0 Å². The van der Waals surface area contributed by atoms with Crippen molar-refractivity contribution in [2.24, 2.45) is 5.41 Å². The van der Waals surface area contributed by atoms with Crippen LogP contribution in [0.4, 0.5) is 18.0 Å². The monoisotopic (exact) mass is 349 g/mol. The largest absolute Gasteiger partial charge is 0.444 e. The van der Waals surface area contributed by atoms with Crippen molar-refractivity contribution in [2.45, 2.75) is 58.4 Å². The molecule has 0 aliphatic carbocycles. The second-order valence-electron chi connectivity index (χ2n) is 6.97. The Kier molecular flexibility index (Phi) is 5.74. The van der Waals surface area contributed by atoms with E-state index in [-0.39, 0.29) is 13.0 Å². The maximum Gasteiger partial charge on any atom is 0.410 e. The zero-order valence-corrected chi connectivity index (χ0v) is 14.2. The van der Waals surface area contributed by atoms with Gasteiger partial charge in [0.1, 0.15) is 5.60 Å². The fourth-order valence-corrected chi connectivity index (χ4v) is 2.39. The molecule has 0 aromatic carbocycles. The van der Waals surface area contributed by atoms with Gasteiger partial charge in [0.2, 0.25) is 5.91 Å². The highest BCUT2D eigenvalue weighted by atomic mass is 19.4. The molecule has 1 saturated heterocycles. The van der Waals surface area contributed by atoms with Gasteiger partial charge in [-0.3, -0.25) is 4.79 Å². The molecule has 136 valence electrons. The lowest BCUT2D eigenvalue weighted by atomic mass is 9.85. The molecule has 24 heavy (non-hydrogen) atoms. The van der Waals surface area contributed by atoms with Crippen LogP contribution in [0.25, 0.3) is 0 Å². The highest BCUT2D eigenvalue weighted by molar-refractivity contribution is 5.85. The Balaban J connectivity index is 2.95. The molecule has 1 fully saturated rings. The first-order valence-electron chi connectivity index (χ1n) is 7.55. The second-order valence-corrected chi connectivity index (χ2v) is 6.97. The van der Waals surface area contributed by atoms with Gasteiger partial charge in [-0.1, -0.05) is 0 Å². The highest BCUT2D eigenvalue weighted by Crippen LogP contribution is 2.46. The standard InChI is InChI=1S/C15H22F3N3O3/c1-10(5-7-19)20-11(22)14(15(16,17)18)6-8-21(9-14)12(23)24-13(2,3)4/h10H,5-6,8-9H2,1-4H3,(H,20,22). The quantitative estimate of drug-likeness (QED) is 0.849. The van der Waals surface area contributed by atoms with E-state index >= 15 is 0 Å². The highest BCUT2D eigenvalue weighted by Gasteiger charge is 2.64. The van der Waals surface area contributed by atoms with Crippen molar-refractivity contribution in [1.29, 1.82) is 5.26 Å². The third-order valence-corrected chi connectivity index (χ3v) is 3.67. The lowest BCUT2D eigenvalue weighted by Gasteiger charge is -2.31. The van der Waals surface area contributed by atoms with Crippen molar-refractivity contribution in [3.05, 3.63) is 0 Å². The predicted octanol–water partition coefficient (Wildman–Crippen LogP) is 2.59. The number of carbonyl (C=O) groups is 2. The molecule has 2 unspecified atom stereocenters. The fraction of sp³-hybridized carbons (Fsp3) is 0.800. The van der Waals surface area contributed by atoms with Gasteiger partial charge in [-0.25, -0.2) is 4.79 Å². The van der Waals surface area contributed by atoms with Crippen molar-refractivity contribution < 1.29 is 27.5 Å². The molecule has 0 aromatic heterocycles. The maximum atomic E-state index is 13.6. The van der Waals surface area contributed by atoms with E-state index < -0.39 is 48.2 Å². The number of rotatable bonds is 3. The number of hydrogen-bond donors (Lipinski definition) is 1. The Morgan fingerprint density at radius 1 is 1.38 bits per heavy atom. The number of alkyl halides is 3. The van der Waals surface area contributed by atoms with Crippen molar-refractivity contribution in [3.63, 3.8) is 0 Å². The molecule has 1 aliphatic rings. The lowest BCUT2D eigenvalue weighted by Crippen LogP contribution is -2.54. The minimum Gasteiger partial charge on any atom is -0.444 e. The molecule has 0 spiro atoms. The molecule has 1 aliphatic heterocycles. The third kappa shape index (κ3) is 4.52. The molecule has 1 N–H and O–H groups in total. The Hall–Kier alpha value is -1.98. The zero-order valence-electron chi connectivity index (χ0n) is 14.2. The summed E-state index contributed by atoms with van der Waals surface area (Å²) in [4.78, 5) is 25.1. The van der Waals surface area contributed by atoms with Crippen LogP contribution in [-0.2, 0) is 9.53 Å². The lowest BCUT2D eigenvalue weighted by molar-refractivity contribution is -0.217. The summed E-state index contributed by atoms with van der Waals surface area (Å²) < 4.78 is 45.8. The molecule has 6 nitrogen and oxygen atoms in total. The van der Waals surface area contributed by atoms with E-state index in [2.05, 4.69) is 5.32 Å². The van der Waals surface area contributed by atoms with E-state index in [1.165, 1.54) is 6.92 Å². The molecule has 2 amide bonds. The summed E-state index contributed by atoms with van der Waals surface area (Å²) >= 11 is 0. The van der Waals surface area contributed by atoms with E-state index in [4.69, 9.17) is 10.00 Å². The number of likely N-dealkylation sites (tertiary alicyclic amines) is 1. The number of nitrogens with one attached hydrogen (secondary N) is 1. The minimum absolute atomic E-state index is 0.102. The molecular weight excluding hydrogens is 327 g/mol. The van der Waals surface area contributed by atoms with E-state index in [1.807, 2.05) is 0 Å². The Labute approximate surface area is 138 Å². The molecule has 0 bridgehead atoms. The average molecular weight is 349 g/mol. The van der Waals surface area contributed by atoms with Gasteiger partial charge in [-0.15, -0.1) is 0 Å². The van der Waals surface area contributed by atoms with Gasteiger partial charge in [-0.05, 0) is 34.1 Å². The molecule has 0 aromatic rings. The number of nitrogens with zero attached hydrogens (tertiary/aromatic N) is 2. The summed E-state index contributed by atoms with van der Waals surface area (Å²) in [7, 11) is 0. The molecule has 1 heterocycles. The topological polar surface area (TPSA) is 82.4 Å². The molecule has 0 saturated carbocycles. The SMILES string of the molecule is CC(CC#N)NC(=O)C1(C(F)(F)F)CCN(C(=O)OC(C)(C)C)C1. The first kappa shape index (κ1) is 20.1. The number of carbonyl (C=O) groups excluding carboxylic acids is 2. The van der Waals surface area contributed by atoms with Crippen molar-refractivity contribution in [2.75, 3.05) is 13.1 Å². The van der Waals surface area contributed by atoms with Gasteiger partial charge < -0.3 is 15.0 Å². The van der Waals surface area contributed by atoms with Gasteiger partial charge in [0.25, 0.3) is 0 Å². The minimum atomic E-state index is -4.82. The molecule has 1 rings (SSSR count). The third-order valence-electron chi connectivity index (χ3n) is 3.67. The molecule has 0 radical (unpaired) electrons. The first-order valence-corrected chi connectivity index (χ1v) is 7.55. The summed E-state index contributed by atoms with van der Waals surface area (Å²) in [5.41, 5.74) is -3.53. The molecular formula is C15H22F3N3O3. The van der Waals surface area contributed by atoms with E-state index in [1.54, 1.807) is 26.8 Å². The van der Waals surface area contributed by atoms with Crippen LogP contribution in [0.5, 0.6) is 0 Å². The Morgan fingerprint density at radius 2 is 1.96 bits per heavy atom. The number of ether oxygens (including phenoxy) is 1. The van der Waals surface area contributed by atoms with E-state index in [0.717, 1.165) is 4.90 Å². The van der Waals surface area contributed by atoms with Gasteiger partial charge in [0.15, 0.2) is 5.41 Å². The zero-order chi connectivity index (χ0) is 18.8. The van der Waals surface area contributed by atoms with E-state index in [9.17, 15) is 22.8 Å².